The Labute approximate surface area is 184 Å². The van der Waals surface area contributed by atoms with Crippen molar-refractivity contribution in [3.63, 3.8) is 0 Å². The SMILES string of the molecule is CCNc1ccc(S(=O)(=O)N(C)C)cc1NS(=O)(=O)c1ccc(S(=O)(=O)N(C)C)cc1. The fourth-order valence-electron chi connectivity index (χ4n) is 2.53. The van der Waals surface area contributed by atoms with Crippen LogP contribution in [0.5, 0.6) is 0 Å². The van der Waals surface area contributed by atoms with E-state index in [1.165, 1.54) is 70.7 Å². The van der Waals surface area contributed by atoms with Gasteiger partial charge in [0.15, 0.2) is 0 Å². The largest absolute Gasteiger partial charge is 0.384 e. The smallest absolute Gasteiger partial charge is 0.261 e. The van der Waals surface area contributed by atoms with Crippen molar-refractivity contribution in [3.8, 4) is 0 Å². The summed E-state index contributed by atoms with van der Waals surface area (Å²) in [5.74, 6) is 0. The van der Waals surface area contributed by atoms with Gasteiger partial charge in [0, 0.05) is 34.7 Å². The van der Waals surface area contributed by atoms with Gasteiger partial charge in [-0.05, 0) is 49.4 Å². The van der Waals surface area contributed by atoms with Gasteiger partial charge < -0.3 is 5.32 Å². The van der Waals surface area contributed by atoms with Crippen LogP contribution in [0.25, 0.3) is 0 Å². The van der Waals surface area contributed by atoms with Crippen molar-refractivity contribution in [1.82, 2.24) is 8.61 Å². The van der Waals surface area contributed by atoms with Crippen molar-refractivity contribution in [2.24, 2.45) is 0 Å². The highest BCUT2D eigenvalue weighted by Gasteiger charge is 2.23. The molecule has 0 atom stereocenters. The fraction of sp³-hybridized carbons (Fsp3) is 0.333. The van der Waals surface area contributed by atoms with Crippen LogP contribution in [0.4, 0.5) is 11.4 Å². The molecule has 0 saturated heterocycles. The Bertz CT molecular complexity index is 1250. The maximum absolute atomic E-state index is 12.9. The van der Waals surface area contributed by atoms with Gasteiger partial charge in [-0.25, -0.2) is 33.9 Å². The van der Waals surface area contributed by atoms with E-state index < -0.39 is 30.1 Å². The first kappa shape index (κ1) is 25.1. The van der Waals surface area contributed by atoms with Crippen LogP contribution < -0.4 is 10.0 Å². The van der Waals surface area contributed by atoms with E-state index in [2.05, 4.69) is 10.0 Å². The van der Waals surface area contributed by atoms with Crippen molar-refractivity contribution >= 4 is 41.4 Å². The molecule has 0 aliphatic rings. The average Bonchev–Trinajstić information content (AvgIpc) is 2.69. The van der Waals surface area contributed by atoms with Gasteiger partial charge in [0.2, 0.25) is 20.0 Å². The van der Waals surface area contributed by atoms with Crippen molar-refractivity contribution in [2.45, 2.75) is 21.6 Å². The molecule has 10 nitrogen and oxygen atoms in total. The van der Waals surface area contributed by atoms with E-state index in [1.54, 1.807) is 0 Å². The standard InChI is InChI=1S/C18H26N4O6S3/c1-6-19-17-12-11-16(31(27,28)22(4)5)13-18(17)20-29(23,24)14-7-9-15(10-8-14)30(25,26)21(2)3/h7-13,19-20H,6H2,1-5H3. The Morgan fingerprint density at radius 1 is 0.677 bits per heavy atom. The molecule has 0 unspecified atom stereocenters. The summed E-state index contributed by atoms with van der Waals surface area (Å²) < 4.78 is 79.5. The van der Waals surface area contributed by atoms with Gasteiger partial charge >= 0.3 is 0 Å². The van der Waals surface area contributed by atoms with Gasteiger partial charge in [0.25, 0.3) is 10.0 Å². The van der Waals surface area contributed by atoms with E-state index in [1.807, 2.05) is 6.92 Å². The molecule has 0 aromatic heterocycles. The van der Waals surface area contributed by atoms with E-state index in [-0.39, 0.29) is 20.4 Å². The number of anilines is 2. The zero-order valence-electron chi connectivity index (χ0n) is 17.8. The van der Waals surface area contributed by atoms with Crippen molar-refractivity contribution in [1.29, 1.82) is 0 Å². The van der Waals surface area contributed by atoms with E-state index in [0.717, 1.165) is 8.61 Å². The molecule has 31 heavy (non-hydrogen) atoms. The third-order valence-corrected chi connectivity index (χ3v) is 9.32. The Morgan fingerprint density at radius 2 is 1.13 bits per heavy atom. The van der Waals surface area contributed by atoms with Crippen LogP contribution in [0.1, 0.15) is 6.92 Å². The lowest BCUT2D eigenvalue weighted by molar-refractivity contribution is 0.519. The molecule has 2 aromatic carbocycles. The van der Waals surface area contributed by atoms with Crippen LogP contribution in [-0.2, 0) is 30.1 Å². The Kier molecular flexibility index (Phi) is 7.38. The average molecular weight is 491 g/mol. The van der Waals surface area contributed by atoms with Gasteiger partial charge in [-0.1, -0.05) is 0 Å². The molecule has 172 valence electrons. The molecule has 0 saturated carbocycles. The highest BCUT2D eigenvalue weighted by molar-refractivity contribution is 7.92. The molecule has 0 aliphatic heterocycles. The topological polar surface area (TPSA) is 133 Å². The molecule has 0 amide bonds. The predicted molar refractivity (Wildman–Crippen MR) is 120 cm³/mol. The third kappa shape index (κ3) is 5.36. The van der Waals surface area contributed by atoms with E-state index in [4.69, 9.17) is 0 Å². The lowest BCUT2D eigenvalue weighted by Crippen LogP contribution is -2.23. The van der Waals surface area contributed by atoms with Crippen molar-refractivity contribution in [2.75, 3.05) is 44.8 Å². The third-order valence-electron chi connectivity index (χ3n) is 4.29. The maximum atomic E-state index is 12.9. The first-order valence-electron chi connectivity index (χ1n) is 9.09. The zero-order chi connectivity index (χ0) is 23.6. The van der Waals surface area contributed by atoms with Crippen LogP contribution in [0.2, 0.25) is 0 Å². The van der Waals surface area contributed by atoms with Crippen LogP contribution in [0.3, 0.4) is 0 Å². The number of benzene rings is 2. The summed E-state index contributed by atoms with van der Waals surface area (Å²) in [6, 6.07) is 8.83. The Balaban J connectivity index is 2.48. The minimum absolute atomic E-state index is 0.0507. The number of nitrogens with one attached hydrogen (secondary N) is 2. The number of sulfonamides is 3. The summed E-state index contributed by atoms with van der Waals surface area (Å²) in [4.78, 5) is -0.304. The number of rotatable bonds is 9. The Hall–Kier alpha value is -2.19. The van der Waals surface area contributed by atoms with E-state index >= 15 is 0 Å². The second kappa shape index (κ2) is 9.12. The monoisotopic (exact) mass is 490 g/mol. The summed E-state index contributed by atoms with van der Waals surface area (Å²) in [5.41, 5.74) is 0.449. The number of nitrogens with zero attached hydrogens (tertiary/aromatic N) is 2. The summed E-state index contributed by atoms with van der Waals surface area (Å²) in [6.45, 7) is 2.29. The summed E-state index contributed by atoms with van der Waals surface area (Å²) in [5, 5.41) is 2.98. The predicted octanol–water partition coefficient (Wildman–Crippen LogP) is 1.42. The molecule has 13 heteroatoms. The molecule has 0 bridgehead atoms. The Morgan fingerprint density at radius 3 is 1.61 bits per heavy atom. The quantitative estimate of drug-likeness (QED) is 0.543. The summed E-state index contributed by atoms with van der Waals surface area (Å²) in [7, 11) is -6.11. The molecule has 0 spiro atoms. The van der Waals surface area contributed by atoms with Crippen LogP contribution in [-0.4, -0.2) is 68.6 Å². The molecule has 0 heterocycles. The van der Waals surface area contributed by atoms with Gasteiger partial charge in [0.05, 0.1) is 26.1 Å². The van der Waals surface area contributed by atoms with Crippen LogP contribution in [0, 0.1) is 0 Å². The zero-order valence-corrected chi connectivity index (χ0v) is 20.3. The molecule has 0 aliphatic carbocycles. The van der Waals surface area contributed by atoms with Crippen LogP contribution in [0.15, 0.2) is 57.2 Å². The highest BCUT2D eigenvalue weighted by atomic mass is 32.2. The van der Waals surface area contributed by atoms with Gasteiger partial charge in [-0.2, -0.15) is 0 Å². The summed E-state index contributed by atoms with van der Waals surface area (Å²) in [6.07, 6.45) is 0. The fourth-order valence-corrected chi connectivity index (χ4v) is 5.43. The van der Waals surface area contributed by atoms with Crippen molar-refractivity contribution in [3.05, 3.63) is 42.5 Å². The minimum Gasteiger partial charge on any atom is -0.384 e. The molecule has 0 fully saturated rings. The first-order valence-corrected chi connectivity index (χ1v) is 13.5. The van der Waals surface area contributed by atoms with E-state index in [0.29, 0.717) is 12.2 Å². The van der Waals surface area contributed by atoms with Gasteiger partial charge in [-0.3, -0.25) is 4.72 Å². The second-order valence-electron chi connectivity index (χ2n) is 6.89. The van der Waals surface area contributed by atoms with Crippen molar-refractivity contribution < 1.29 is 25.3 Å². The lowest BCUT2D eigenvalue weighted by Gasteiger charge is -2.17. The molecule has 0 radical (unpaired) electrons. The van der Waals surface area contributed by atoms with Gasteiger partial charge in [0.1, 0.15) is 0 Å². The second-order valence-corrected chi connectivity index (χ2v) is 12.9. The molecule has 2 N–H and O–H groups in total. The highest BCUT2D eigenvalue weighted by Crippen LogP contribution is 2.29. The molecular formula is C18H26N4O6S3. The summed E-state index contributed by atoms with van der Waals surface area (Å²) >= 11 is 0. The number of hydrogen-bond donors (Lipinski definition) is 2. The molecule has 2 rings (SSSR count). The molecule has 2 aromatic rings. The van der Waals surface area contributed by atoms with Crippen LogP contribution >= 0.6 is 0 Å². The minimum atomic E-state index is -4.13. The number of hydrogen-bond acceptors (Lipinski definition) is 7. The first-order chi connectivity index (χ1) is 14.2. The maximum Gasteiger partial charge on any atom is 0.261 e. The lowest BCUT2D eigenvalue weighted by atomic mass is 10.2. The van der Waals surface area contributed by atoms with Gasteiger partial charge in [-0.15, -0.1) is 0 Å². The molecular weight excluding hydrogens is 464 g/mol. The van der Waals surface area contributed by atoms with E-state index in [9.17, 15) is 25.3 Å². The normalized spacial score (nSPS) is 12.9.